The van der Waals surface area contributed by atoms with E-state index in [2.05, 4.69) is 10.6 Å². The summed E-state index contributed by atoms with van der Waals surface area (Å²) in [5.74, 6) is -3.68. The van der Waals surface area contributed by atoms with Gasteiger partial charge in [-0.15, -0.1) is 0 Å². The molecule has 2 amide bonds. The van der Waals surface area contributed by atoms with Crippen LogP contribution in [0.25, 0.3) is 11.1 Å². The van der Waals surface area contributed by atoms with Crippen LogP contribution < -0.4 is 10.6 Å². The molecule has 4 rings (SSSR count). The first kappa shape index (κ1) is 26.4. The van der Waals surface area contributed by atoms with Crippen molar-refractivity contribution in [2.45, 2.75) is 0 Å². The monoisotopic (exact) mass is 548 g/mol. The number of halogens is 2. The Morgan fingerprint density at radius 2 is 0.947 bits per heavy atom. The highest BCUT2D eigenvalue weighted by molar-refractivity contribution is 6.31. The molecule has 190 valence electrons. The summed E-state index contributed by atoms with van der Waals surface area (Å²) < 4.78 is 0. The normalized spacial score (nSPS) is 10.5. The van der Waals surface area contributed by atoms with Gasteiger partial charge in [0, 0.05) is 21.2 Å². The molecule has 0 saturated heterocycles. The molecule has 0 unspecified atom stereocenters. The van der Waals surface area contributed by atoms with Crippen molar-refractivity contribution < 1.29 is 29.4 Å². The summed E-state index contributed by atoms with van der Waals surface area (Å²) in [6, 6.07) is 20.9. The van der Waals surface area contributed by atoms with Crippen LogP contribution in [0.15, 0.2) is 84.9 Å². The summed E-state index contributed by atoms with van der Waals surface area (Å²) in [7, 11) is 0. The summed E-state index contributed by atoms with van der Waals surface area (Å²) in [6.07, 6.45) is 0. The molecule has 0 radical (unpaired) electrons. The third-order valence-corrected chi connectivity index (χ3v) is 5.97. The van der Waals surface area contributed by atoms with Crippen LogP contribution in [0.1, 0.15) is 41.4 Å². The van der Waals surface area contributed by atoms with Gasteiger partial charge < -0.3 is 20.8 Å². The van der Waals surface area contributed by atoms with Crippen molar-refractivity contribution in [3.05, 3.63) is 117 Å². The molecule has 4 N–H and O–H groups in total. The first-order valence-corrected chi connectivity index (χ1v) is 11.8. The lowest BCUT2D eigenvalue weighted by molar-refractivity contribution is 0.0686. The van der Waals surface area contributed by atoms with Crippen LogP contribution in [0.4, 0.5) is 11.4 Å². The lowest BCUT2D eigenvalue weighted by Crippen LogP contribution is -2.15. The zero-order valence-electron chi connectivity index (χ0n) is 19.4. The van der Waals surface area contributed by atoms with Crippen molar-refractivity contribution in [1.29, 1.82) is 0 Å². The third kappa shape index (κ3) is 6.00. The van der Waals surface area contributed by atoms with Gasteiger partial charge in [-0.25, -0.2) is 9.59 Å². The smallest absolute Gasteiger partial charge is 0.337 e. The van der Waals surface area contributed by atoms with E-state index in [1.165, 1.54) is 48.5 Å². The molecule has 8 nitrogen and oxygen atoms in total. The fourth-order valence-corrected chi connectivity index (χ4v) is 4.05. The average Bonchev–Trinajstić information content (AvgIpc) is 2.89. The van der Waals surface area contributed by atoms with E-state index in [1.807, 2.05) is 0 Å². The van der Waals surface area contributed by atoms with Crippen LogP contribution in [0.2, 0.25) is 10.0 Å². The second kappa shape index (κ2) is 11.2. The molecule has 4 aromatic carbocycles. The quantitative estimate of drug-likeness (QED) is 0.206. The molecule has 38 heavy (non-hydrogen) atoms. The van der Waals surface area contributed by atoms with Gasteiger partial charge in [0.25, 0.3) is 11.8 Å². The highest BCUT2D eigenvalue weighted by Crippen LogP contribution is 2.30. The van der Waals surface area contributed by atoms with Crippen molar-refractivity contribution in [3.63, 3.8) is 0 Å². The number of hydrogen-bond donors (Lipinski definition) is 4. The lowest BCUT2D eigenvalue weighted by atomic mass is 9.98. The maximum Gasteiger partial charge on any atom is 0.337 e. The van der Waals surface area contributed by atoms with Gasteiger partial charge in [0.15, 0.2) is 0 Å². The summed E-state index contributed by atoms with van der Waals surface area (Å²) in [4.78, 5) is 49.1. The molecule has 0 aliphatic carbocycles. The van der Waals surface area contributed by atoms with Gasteiger partial charge in [-0.05, 0) is 71.8 Å². The zero-order valence-corrected chi connectivity index (χ0v) is 20.9. The second-order valence-corrected chi connectivity index (χ2v) is 8.93. The number of aromatic carboxylic acids is 2. The van der Waals surface area contributed by atoms with Gasteiger partial charge in [-0.3, -0.25) is 9.59 Å². The van der Waals surface area contributed by atoms with Crippen LogP contribution in [0.5, 0.6) is 0 Å². The van der Waals surface area contributed by atoms with E-state index in [0.717, 1.165) is 0 Å². The molecular weight excluding hydrogens is 531 g/mol. The largest absolute Gasteiger partial charge is 0.478 e. The third-order valence-electron chi connectivity index (χ3n) is 5.50. The maximum absolute atomic E-state index is 12.6. The topological polar surface area (TPSA) is 133 Å². The molecule has 0 heterocycles. The average molecular weight is 549 g/mol. The summed E-state index contributed by atoms with van der Waals surface area (Å²) in [5, 5.41) is 25.3. The van der Waals surface area contributed by atoms with E-state index in [0.29, 0.717) is 21.2 Å². The van der Waals surface area contributed by atoms with Crippen molar-refractivity contribution in [3.8, 4) is 11.1 Å². The van der Waals surface area contributed by atoms with Crippen LogP contribution in [-0.2, 0) is 0 Å². The minimum Gasteiger partial charge on any atom is -0.478 e. The Bertz CT molecular complexity index is 1480. The van der Waals surface area contributed by atoms with Crippen molar-refractivity contribution in [2.24, 2.45) is 0 Å². The number of carbonyl (C=O) groups is 4. The molecular formula is C28H18Cl2N2O6. The summed E-state index contributed by atoms with van der Waals surface area (Å²) in [5.41, 5.74) is 0.974. The number of anilines is 2. The standard InChI is InChI=1S/C28H18Cl2N2O6/c29-19-5-1-3-17(11-19)25(33)31-23-9-7-15(13-21(23)27(35)36)16-8-10-24(22(14-16)28(37)38)32-26(34)18-4-2-6-20(30)12-18/h1-14H,(H,31,33)(H,32,34)(H,35,36)(H,37,38). The minimum absolute atomic E-state index is 0.0510. The number of hydrogen-bond acceptors (Lipinski definition) is 4. The molecule has 0 spiro atoms. The summed E-state index contributed by atoms with van der Waals surface area (Å²) in [6.45, 7) is 0. The Labute approximate surface area is 226 Å². The zero-order chi connectivity index (χ0) is 27.4. The van der Waals surface area contributed by atoms with Crippen molar-refractivity contribution in [2.75, 3.05) is 10.6 Å². The van der Waals surface area contributed by atoms with E-state index in [1.54, 1.807) is 36.4 Å². The van der Waals surface area contributed by atoms with Gasteiger partial charge in [-0.1, -0.05) is 47.5 Å². The van der Waals surface area contributed by atoms with E-state index >= 15 is 0 Å². The van der Waals surface area contributed by atoms with Gasteiger partial charge in [0.1, 0.15) is 0 Å². The highest BCUT2D eigenvalue weighted by Gasteiger charge is 2.18. The predicted octanol–water partition coefficient (Wildman–Crippen LogP) is 6.56. The van der Waals surface area contributed by atoms with Crippen LogP contribution in [-0.4, -0.2) is 34.0 Å². The number of amides is 2. The maximum atomic E-state index is 12.6. The Kier molecular flexibility index (Phi) is 7.76. The fourth-order valence-electron chi connectivity index (χ4n) is 3.67. The SMILES string of the molecule is O=C(Nc1ccc(-c2ccc(NC(=O)c3cccc(Cl)c3)c(C(=O)O)c2)cc1C(=O)O)c1cccc(Cl)c1. The first-order chi connectivity index (χ1) is 18.1. The molecule has 10 heteroatoms. The van der Waals surface area contributed by atoms with Crippen molar-refractivity contribution >= 4 is 58.3 Å². The minimum atomic E-state index is -1.29. The molecule has 0 aliphatic rings. The van der Waals surface area contributed by atoms with E-state index in [9.17, 15) is 29.4 Å². The molecule has 4 aromatic rings. The first-order valence-electron chi connectivity index (χ1n) is 11.0. The van der Waals surface area contributed by atoms with Gasteiger partial charge in [0.2, 0.25) is 0 Å². The Morgan fingerprint density at radius 3 is 1.29 bits per heavy atom. The highest BCUT2D eigenvalue weighted by atomic mass is 35.5. The lowest BCUT2D eigenvalue weighted by Gasteiger charge is -2.13. The number of carboxylic acid groups (broad SMARTS) is 2. The second-order valence-electron chi connectivity index (χ2n) is 8.06. The van der Waals surface area contributed by atoms with Gasteiger partial charge >= 0.3 is 11.9 Å². The van der Waals surface area contributed by atoms with E-state index in [4.69, 9.17) is 23.2 Å². The molecule has 0 aliphatic heterocycles. The van der Waals surface area contributed by atoms with E-state index in [-0.39, 0.29) is 33.6 Å². The van der Waals surface area contributed by atoms with Gasteiger partial charge in [0.05, 0.1) is 22.5 Å². The summed E-state index contributed by atoms with van der Waals surface area (Å²) >= 11 is 11.9. The van der Waals surface area contributed by atoms with Crippen LogP contribution in [0, 0.1) is 0 Å². The molecule has 0 fully saturated rings. The predicted molar refractivity (Wildman–Crippen MR) is 145 cm³/mol. The number of benzene rings is 4. The Morgan fingerprint density at radius 1 is 0.553 bits per heavy atom. The van der Waals surface area contributed by atoms with E-state index < -0.39 is 23.8 Å². The number of carbonyl (C=O) groups excluding carboxylic acids is 2. The molecule has 0 atom stereocenters. The fraction of sp³-hybridized carbons (Fsp3) is 0. The van der Waals surface area contributed by atoms with Crippen LogP contribution in [0.3, 0.4) is 0 Å². The van der Waals surface area contributed by atoms with Crippen LogP contribution >= 0.6 is 23.2 Å². The van der Waals surface area contributed by atoms with Crippen molar-refractivity contribution in [1.82, 2.24) is 0 Å². The molecule has 0 saturated carbocycles. The number of carboxylic acids is 2. The number of nitrogens with one attached hydrogen (secondary N) is 2. The molecule has 0 aromatic heterocycles. The Balaban J connectivity index is 1.64. The molecule has 0 bridgehead atoms. The van der Waals surface area contributed by atoms with Gasteiger partial charge in [-0.2, -0.15) is 0 Å². The Hall–Kier alpha value is -4.66. The number of rotatable bonds is 7.